The highest BCUT2D eigenvalue weighted by molar-refractivity contribution is 5.76. The molecule has 0 radical (unpaired) electrons. The first-order valence-electron chi connectivity index (χ1n) is 40.0. The van der Waals surface area contributed by atoms with E-state index < -0.39 is 124 Å². The maximum atomic E-state index is 13.4. The highest BCUT2D eigenvalue weighted by Crippen LogP contribution is 2.33. The molecular formula is C82H143NO18. The Hall–Kier alpha value is -3.29. The molecule has 101 heavy (non-hydrogen) atoms. The summed E-state index contributed by atoms with van der Waals surface area (Å²) in [6.07, 6.45) is 57.0. The standard InChI is InChI=1S/C82H143NO18/c1-3-5-7-9-11-13-15-17-19-21-22-23-24-25-26-27-28-29-30-31-32-33-34-35-36-37-38-39-40-41-42-44-46-48-50-52-54-56-58-60-70(88)83-65(66(87)59-57-55-53-51-49-47-45-43-20-18-16-14-12-10-8-6-4-2)64-96-80-76(94)73(91)78(68(62-85)98-80)101-82-77(95)74(92)79(69(63-86)99-82)100-81-75(93)72(90)71(89)67(61-84)97-81/h5,7,11,13,17,19-20,22-23,25-26,43,49,51,57,59,65-69,71-82,84-87,89-95H,3-4,6,8-10,12,14-16,18,21,24,27-42,44-48,50,52-56,58,60-64H2,1-2H3,(H,83,88)/b7-5-,13-11-,19-17-,23-22-,26-25-,43-20+,51-49+,59-57+. The van der Waals surface area contributed by atoms with Gasteiger partial charge in [0.15, 0.2) is 18.9 Å². The molecular weight excluding hydrogens is 1290 g/mol. The van der Waals surface area contributed by atoms with Gasteiger partial charge in [0.1, 0.15) is 73.2 Å². The van der Waals surface area contributed by atoms with Gasteiger partial charge in [-0.2, -0.15) is 0 Å². The summed E-state index contributed by atoms with van der Waals surface area (Å²) >= 11 is 0. The molecule has 0 spiro atoms. The molecule has 0 aromatic heterocycles. The quantitative estimate of drug-likeness (QED) is 0.0199. The minimum absolute atomic E-state index is 0.231. The number of nitrogens with one attached hydrogen (secondary N) is 1. The molecule has 584 valence electrons. The van der Waals surface area contributed by atoms with E-state index in [1.807, 2.05) is 6.08 Å². The van der Waals surface area contributed by atoms with Gasteiger partial charge in [0.05, 0.1) is 38.6 Å². The Balaban J connectivity index is 1.32. The largest absolute Gasteiger partial charge is 0.394 e. The summed E-state index contributed by atoms with van der Waals surface area (Å²) in [6, 6.07) is -0.999. The monoisotopic (exact) mass is 1430 g/mol. The lowest BCUT2D eigenvalue weighted by Gasteiger charge is -2.48. The summed E-state index contributed by atoms with van der Waals surface area (Å²) in [5, 5.41) is 121. The summed E-state index contributed by atoms with van der Waals surface area (Å²) in [5.74, 6) is -0.288. The third kappa shape index (κ3) is 42.0. The second-order valence-electron chi connectivity index (χ2n) is 28.1. The van der Waals surface area contributed by atoms with Crippen LogP contribution in [0.25, 0.3) is 0 Å². The zero-order valence-corrected chi connectivity index (χ0v) is 62.4. The van der Waals surface area contributed by atoms with E-state index in [-0.39, 0.29) is 18.9 Å². The van der Waals surface area contributed by atoms with E-state index in [0.29, 0.717) is 12.8 Å². The molecule has 0 aromatic rings. The number of carbonyl (C=O) groups is 1. The van der Waals surface area contributed by atoms with Crippen molar-refractivity contribution in [3.8, 4) is 0 Å². The molecule has 3 heterocycles. The van der Waals surface area contributed by atoms with E-state index in [1.54, 1.807) is 6.08 Å². The number of amides is 1. The predicted octanol–water partition coefficient (Wildman–Crippen LogP) is 13.2. The topological polar surface area (TPSA) is 307 Å². The van der Waals surface area contributed by atoms with Gasteiger partial charge in [-0.3, -0.25) is 4.79 Å². The third-order valence-corrected chi connectivity index (χ3v) is 19.3. The summed E-state index contributed by atoms with van der Waals surface area (Å²) in [7, 11) is 0. The molecule has 0 bridgehead atoms. The number of allylic oxidation sites excluding steroid dienone is 15. The normalized spacial score (nSPS) is 26.8. The Bertz CT molecular complexity index is 2200. The second-order valence-corrected chi connectivity index (χ2v) is 28.1. The number of rotatable bonds is 62. The first-order valence-corrected chi connectivity index (χ1v) is 40.0. The molecule has 3 aliphatic rings. The lowest BCUT2D eigenvalue weighted by atomic mass is 9.96. The van der Waals surface area contributed by atoms with Crippen molar-refractivity contribution >= 4 is 5.91 Å². The van der Waals surface area contributed by atoms with Crippen LogP contribution in [0.3, 0.4) is 0 Å². The van der Waals surface area contributed by atoms with Crippen LogP contribution in [0.2, 0.25) is 0 Å². The summed E-state index contributed by atoms with van der Waals surface area (Å²) < 4.78 is 34.4. The molecule has 19 nitrogen and oxygen atoms in total. The minimum atomic E-state index is -1.99. The van der Waals surface area contributed by atoms with Crippen molar-refractivity contribution in [1.82, 2.24) is 5.32 Å². The van der Waals surface area contributed by atoms with Crippen molar-refractivity contribution in [2.45, 2.75) is 388 Å². The molecule has 3 rings (SSSR count). The van der Waals surface area contributed by atoms with Crippen LogP contribution in [0.4, 0.5) is 0 Å². The molecule has 17 atom stereocenters. The molecule has 17 unspecified atom stereocenters. The maximum Gasteiger partial charge on any atom is 0.220 e. The van der Waals surface area contributed by atoms with Crippen LogP contribution >= 0.6 is 0 Å². The first kappa shape index (κ1) is 91.9. The Kier molecular flexibility index (Phi) is 56.3. The summed E-state index contributed by atoms with van der Waals surface area (Å²) in [4.78, 5) is 13.4. The van der Waals surface area contributed by atoms with Crippen LogP contribution in [0.1, 0.15) is 284 Å². The van der Waals surface area contributed by atoms with Crippen molar-refractivity contribution in [3.63, 3.8) is 0 Å². The van der Waals surface area contributed by atoms with Gasteiger partial charge >= 0.3 is 0 Å². The van der Waals surface area contributed by atoms with Crippen LogP contribution in [0.15, 0.2) is 97.2 Å². The van der Waals surface area contributed by atoms with Crippen molar-refractivity contribution in [2.24, 2.45) is 0 Å². The van der Waals surface area contributed by atoms with Gasteiger partial charge in [0, 0.05) is 6.42 Å². The molecule has 3 aliphatic heterocycles. The zero-order valence-electron chi connectivity index (χ0n) is 62.4. The Morgan fingerprint density at radius 1 is 0.366 bits per heavy atom. The van der Waals surface area contributed by atoms with E-state index in [9.17, 15) is 61.0 Å². The highest BCUT2D eigenvalue weighted by atomic mass is 16.8. The van der Waals surface area contributed by atoms with Crippen molar-refractivity contribution < 1.29 is 89.4 Å². The van der Waals surface area contributed by atoms with E-state index in [4.69, 9.17) is 28.4 Å². The van der Waals surface area contributed by atoms with E-state index in [1.165, 1.54) is 173 Å². The summed E-state index contributed by atoms with van der Waals surface area (Å²) in [6.45, 7) is 1.60. The van der Waals surface area contributed by atoms with Crippen LogP contribution in [0.5, 0.6) is 0 Å². The molecule has 1 amide bonds. The van der Waals surface area contributed by atoms with Gasteiger partial charge in [-0.15, -0.1) is 0 Å². The average Bonchev–Trinajstić information content (AvgIpc) is 0.792. The van der Waals surface area contributed by atoms with Gasteiger partial charge < -0.3 is 89.9 Å². The van der Waals surface area contributed by atoms with Gasteiger partial charge in [-0.1, -0.05) is 284 Å². The van der Waals surface area contributed by atoms with E-state index >= 15 is 0 Å². The highest BCUT2D eigenvalue weighted by Gasteiger charge is 2.54. The van der Waals surface area contributed by atoms with Gasteiger partial charge in [0.25, 0.3) is 0 Å². The molecule has 19 heteroatoms. The number of hydrogen-bond acceptors (Lipinski definition) is 18. The van der Waals surface area contributed by atoms with Crippen LogP contribution < -0.4 is 5.32 Å². The van der Waals surface area contributed by atoms with Crippen LogP contribution in [0, 0.1) is 0 Å². The maximum absolute atomic E-state index is 13.4. The Morgan fingerprint density at radius 3 is 1.11 bits per heavy atom. The fourth-order valence-electron chi connectivity index (χ4n) is 13.0. The lowest BCUT2D eigenvalue weighted by Crippen LogP contribution is -2.66. The number of aliphatic hydroxyl groups excluding tert-OH is 11. The van der Waals surface area contributed by atoms with Gasteiger partial charge in [-0.05, 0) is 89.9 Å². The molecule has 3 fully saturated rings. The second kappa shape index (κ2) is 61.8. The van der Waals surface area contributed by atoms with Crippen molar-refractivity contribution in [3.05, 3.63) is 97.2 Å². The van der Waals surface area contributed by atoms with Gasteiger partial charge in [0.2, 0.25) is 5.91 Å². The molecule has 0 aromatic carbocycles. The number of hydrogen-bond donors (Lipinski definition) is 12. The first-order chi connectivity index (χ1) is 49.3. The van der Waals surface area contributed by atoms with E-state index in [0.717, 1.165) is 77.0 Å². The number of carbonyl (C=O) groups excluding carboxylic acids is 1. The molecule has 3 saturated heterocycles. The van der Waals surface area contributed by atoms with Crippen molar-refractivity contribution in [2.75, 3.05) is 26.4 Å². The third-order valence-electron chi connectivity index (χ3n) is 19.3. The zero-order chi connectivity index (χ0) is 73.2. The average molecular weight is 1430 g/mol. The molecule has 0 saturated carbocycles. The summed E-state index contributed by atoms with van der Waals surface area (Å²) in [5.41, 5.74) is 0. The number of ether oxygens (including phenoxy) is 6. The fourth-order valence-corrected chi connectivity index (χ4v) is 13.0. The van der Waals surface area contributed by atoms with Gasteiger partial charge in [-0.25, -0.2) is 0 Å². The predicted molar refractivity (Wildman–Crippen MR) is 401 cm³/mol. The van der Waals surface area contributed by atoms with Crippen molar-refractivity contribution in [1.29, 1.82) is 0 Å². The lowest BCUT2D eigenvalue weighted by molar-refractivity contribution is -0.379. The smallest absolute Gasteiger partial charge is 0.220 e. The Labute approximate surface area is 609 Å². The number of unbranched alkanes of at least 4 members (excludes halogenated alkanes) is 32. The van der Waals surface area contributed by atoms with Crippen LogP contribution in [-0.2, 0) is 33.2 Å². The Morgan fingerprint density at radius 2 is 0.693 bits per heavy atom. The number of aliphatic hydroxyl groups is 11. The minimum Gasteiger partial charge on any atom is -0.394 e. The fraction of sp³-hybridized carbons (Fsp3) is 0.793. The van der Waals surface area contributed by atoms with E-state index in [2.05, 4.69) is 104 Å². The SMILES string of the molecule is CC/C=C\C/C=C\C/C=C\C/C=C\C/C=C\CCCCCCCCCCCCCCCCCCCCCCCCCC(=O)NC(COC1OC(CO)C(OC2OC(CO)C(OC3OC(CO)C(O)C(O)C3O)C(O)C2O)C(O)C1O)C(O)/C=C/CC/C=C/CC/C=C/CCCCCCCCC. The van der Waals surface area contributed by atoms with Crippen LogP contribution in [-0.4, -0.2) is 193 Å². The molecule has 12 N–H and O–H groups in total. The molecule has 0 aliphatic carbocycles.